The molecule has 0 aliphatic rings. The Morgan fingerprint density at radius 1 is 1.73 bits per heavy atom. The molecule has 0 unspecified atom stereocenters. The maximum atomic E-state index is 4.69. The van der Waals surface area contributed by atoms with Gasteiger partial charge in [-0.1, -0.05) is 34.4 Å². The average Bonchev–Trinajstić information content (AvgIpc) is 1.97. The van der Waals surface area contributed by atoms with Crippen LogP contribution in [-0.4, -0.2) is 11.7 Å². The zero-order valence-corrected chi connectivity index (χ0v) is 8.00. The van der Waals surface area contributed by atoms with Crippen molar-refractivity contribution >= 4 is 20.6 Å². The van der Waals surface area contributed by atoms with Crippen molar-refractivity contribution in [2.45, 2.75) is 20.3 Å². The van der Waals surface area contributed by atoms with Gasteiger partial charge in [-0.2, -0.15) is 0 Å². The first-order valence-electron chi connectivity index (χ1n) is 3.54. The topological polar surface area (TPSA) is 21.6 Å². The van der Waals surface area contributed by atoms with Crippen LogP contribution in [-0.2, 0) is 4.84 Å². The Kier molecular flexibility index (Phi) is 5.77. The molecule has 0 aromatic carbocycles. The van der Waals surface area contributed by atoms with Crippen molar-refractivity contribution in [1.29, 1.82) is 0 Å². The molecule has 0 aliphatic carbocycles. The summed E-state index contributed by atoms with van der Waals surface area (Å²) < 4.78 is 0. The highest BCUT2D eigenvalue weighted by molar-refractivity contribution is 7.17. The van der Waals surface area contributed by atoms with Crippen LogP contribution in [0.2, 0.25) is 0 Å². The van der Waals surface area contributed by atoms with Gasteiger partial charge in [0.05, 0.1) is 5.71 Å². The molecule has 0 bridgehead atoms. The molecule has 0 aliphatic heterocycles. The lowest BCUT2D eigenvalue weighted by atomic mass is 10.1. The van der Waals surface area contributed by atoms with E-state index >= 15 is 0 Å². The van der Waals surface area contributed by atoms with Crippen molar-refractivity contribution in [2.75, 3.05) is 0 Å². The summed E-state index contributed by atoms with van der Waals surface area (Å²) in [5, 5.41) is 3.80. The first kappa shape index (κ1) is 10.4. The van der Waals surface area contributed by atoms with Gasteiger partial charge in [0.2, 0.25) is 0 Å². The monoisotopic (exact) mass is 171 g/mol. The Morgan fingerprint density at radius 3 is 2.73 bits per heavy atom. The maximum Gasteiger partial charge on any atom is 0.140 e. The van der Waals surface area contributed by atoms with Crippen molar-refractivity contribution in [1.82, 2.24) is 0 Å². The Balaban J connectivity index is 3.93. The smallest absolute Gasteiger partial charge is 0.140 e. The van der Waals surface area contributed by atoms with E-state index < -0.39 is 0 Å². The summed E-state index contributed by atoms with van der Waals surface area (Å²) in [7, 11) is 3.03. The van der Waals surface area contributed by atoms with Gasteiger partial charge in [-0.25, -0.2) is 0 Å². The van der Waals surface area contributed by atoms with Gasteiger partial charge in [-0.3, -0.25) is 0 Å². The molecule has 62 valence electrons. The summed E-state index contributed by atoms with van der Waals surface area (Å²) in [5.41, 5.74) is 0.870. The van der Waals surface area contributed by atoms with E-state index in [0.717, 1.165) is 12.1 Å². The number of hydrogen-bond acceptors (Lipinski definition) is 2. The molecule has 0 spiro atoms. The fourth-order valence-electron chi connectivity index (χ4n) is 0.670. The van der Waals surface area contributed by atoms with Crippen molar-refractivity contribution in [3.8, 4) is 0 Å². The van der Waals surface area contributed by atoms with Gasteiger partial charge in [0.1, 0.15) is 5.98 Å². The molecule has 2 nitrogen and oxygen atoms in total. The number of hydrogen-bond donors (Lipinski definition) is 0. The molecule has 0 atom stereocenters. The van der Waals surface area contributed by atoms with E-state index in [4.69, 9.17) is 4.84 Å². The molecular weight excluding hydrogens is 157 g/mol. The molecular formula is C8H14NOP. The molecule has 0 N–H and O–H groups in total. The molecule has 0 rings (SSSR count). The molecule has 0 saturated carbocycles. The molecule has 0 radical (unpaired) electrons. The minimum atomic E-state index is 0.574. The predicted molar refractivity (Wildman–Crippen MR) is 52.6 cm³/mol. The molecule has 0 aromatic heterocycles. The largest absolute Gasteiger partial charge is 0.360 e. The second-order valence-electron chi connectivity index (χ2n) is 2.61. The normalized spacial score (nSPS) is 11.4. The van der Waals surface area contributed by atoms with Crippen LogP contribution in [0.15, 0.2) is 17.8 Å². The van der Waals surface area contributed by atoms with Gasteiger partial charge in [0, 0.05) is 0 Å². The summed E-state index contributed by atoms with van der Waals surface area (Å²) in [4.78, 5) is 4.69. The summed E-state index contributed by atoms with van der Waals surface area (Å²) in [6, 6.07) is 0. The van der Waals surface area contributed by atoms with Crippen molar-refractivity contribution in [3.63, 3.8) is 0 Å². The summed E-state index contributed by atoms with van der Waals surface area (Å²) in [5.74, 6) is 1.93. The van der Waals surface area contributed by atoms with Crippen molar-refractivity contribution in [3.05, 3.63) is 12.7 Å². The first-order valence-corrected chi connectivity index (χ1v) is 4.12. The van der Waals surface area contributed by atoms with Crippen LogP contribution >= 0.6 is 8.86 Å². The van der Waals surface area contributed by atoms with Crippen molar-refractivity contribution in [2.24, 2.45) is 11.1 Å². The highest BCUT2D eigenvalue weighted by Gasteiger charge is 1.98. The third kappa shape index (κ3) is 5.81. The van der Waals surface area contributed by atoms with Crippen LogP contribution in [0.1, 0.15) is 20.3 Å². The van der Waals surface area contributed by atoms with E-state index in [0.29, 0.717) is 5.92 Å². The van der Waals surface area contributed by atoms with E-state index in [-0.39, 0.29) is 0 Å². The third-order valence-electron chi connectivity index (χ3n) is 1.08. The predicted octanol–water partition coefficient (Wildman–Crippen LogP) is 2.49. The number of nitrogens with zero attached hydrogens (tertiary/aromatic N) is 1. The Hall–Kier alpha value is -0.620. The van der Waals surface area contributed by atoms with Crippen LogP contribution in [0, 0.1) is 5.92 Å². The van der Waals surface area contributed by atoms with E-state index in [1.807, 2.05) is 0 Å². The lowest BCUT2D eigenvalue weighted by Crippen LogP contribution is -1.99. The summed E-state index contributed by atoms with van der Waals surface area (Å²) >= 11 is 0. The van der Waals surface area contributed by atoms with Crippen LogP contribution in [0.25, 0.3) is 0 Å². The summed E-state index contributed by atoms with van der Waals surface area (Å²) in [6.45, 7) is 7.87. The highest BCUT2D eigenvalue weighted by atomic mass is 31.0. The van der Waals surface area contributed by atoms with E-state index in [2.05, 4.69) is 34.4 Å². The zero-order valence-electron chi connectivity index (χ0n) is 7.00. The molecule has 11 heavy (non-hydrogen) atoms. The SMILES string of the molecule is C=C/C(CC(C)C)=N/OC=P. The quantitative estimate of drug-likeness (QED) is 0.354. The second-order valence-corrected chi connectivity index (χ2v) is 2.84. The van der Waals surface area contributed by atoms with Gasteiger partial charge < -0.3 is 4.84 Å². The molecule has 3 heteroatoms. The number of rotatable bonds is 5. The Bertz CT molecular complexity index is 163. The lowest BCUT2D eigenvalue weighted by Gasteiger charge is -2.02. The Labute approximate surface area is 70.2 Å². The zero-order chi connectivity index (χ0) is 8.69. The molecule has 0 saturated heterocycles. The molecule has 0 heterocycles. The lowest BCUT2D eigenvalue weighted by molar-refractivity contribution is 0.351. The van der Waals surface area contributed by atoms with Gasteiger partial charge >= 0.3 is 0 Å². The van der Waals surface area contributed by atoms with Gasteiger partial charge in [0.25, 0.3) is 0 Å². The van der Waals surface area contributed by atoms with E-state index in [9.17, 15) is 0 Å². The van der Waals surface area contributed by atoms with Crippen LogP contribution < -0.4 is 0 Å². The van der Waals surface area contributed by atoms with E-state index in [1.54, 1.807) is 6.08 Å². The van der Waals surface area contributed by atoms with Crippen LogP contribution in [0.5, 0.6) is 0 Å². The highest BCUT2D eigenvalue weighted by Crippen LogP contribution is 2.02. The van der Waals surface area contributed by atoms with Crippen LogP contribution in [0.4, 0.5) is 0 Å². The first-order chi connectivity index (χ1) is 5.20. The number of oxime groups is 1. The average molecular weight is 171 g/mol. The Morgan fingerprint density at radius 2 is 2.36 bits per heavy atom. The fraction of sp³-hybridized carbons (Fsp3) is 0.500. The standard InChI is InChI=1S/C8H14NOP/c1-4-8(5-7(2)3)9-10-6-11/h4,6-7,11H,1,5H2,2-3H3/b9-8-. The number of allylic oxidation sites excluding steroid dienone is 1. The minimum Gasteiger partial charge on any atom is -0.360 e. The minimum absolute atomic E-state index is 0.574. The fourth-order valence-corrected chi connectivity index (χ4v) is 0.723. The van der Waals surface area contributed by atoms with Gasteiger partial charge in [0.15, 0.2) is 0 Å². The second kappa shape index (κ2) is 6.11. The van der Waals surface area contributed by atoms with Crippen molar-refractivity contribution < 1.29 is 4.84 Å². The molecule has 0 aromatic rings. The summed E-state index contributed by atoms with van der Waals surface area (Å²) in [6.07, 6.45) is 2.60. The maximum absolute atomic E-state index is 4.69. The van der Waals surface area contributed by atoms with Crippen LogP contribution in [0.3, 0.4) is 0 Å². The van der Waals surface area contributed by atoms with Gasteiger partial charge in [-0.15, -0.1) is 0 Å². The van der Waals surface area contributed by atoms with E-state index in [1.165, 1.54) is 5.98 Å². The van der Waals surface area contributed by atoms with Gasteiger partial charge in [-0.05, 0) is 18.4 Å². The third-order valence-corrected chi connectivity index (χ3v) is 1.18. The molecule has 0 fully saturated rings. The molecule has 0 amide bonds.